The highest BCUT2D eigenvalue weighted by atomic mass is 35.5. The van der Waals surface area contributed by atoms with Crippen LogP contribution >= 0.6 is 11.6 Å². The molecule has 110 valence electrons. The summed E-state index contributed by atoms with van der Waals surface area (Å²) in [6.45, 7) is 0. The monoisotopic (exact) mass is 320 g/mol. The Hall–Kier alpha value is -3.25. The molecule has 2 rings (SSSR count). The predicted octanol–water partition coefficient (Wildman–Crippen LogP) is 3.22. The molecule has 1 heterocycles. The van der Waals surface area contributed by atoms with Crippen molar-refractivity contribution >= 4 is 23.0 Å². The van der Waals surface area contributed by atoms with Gasteiger partial charge in [-0.25, -0.2) is 0 Å². The van der Waals surface area contributed by atoms with Crippen molar-refractivity contribution in [2.75, 3.05) is 0 Å². The lowest BCUT2D eigenvalue weighted by Crippen LogP contribution is -1.98. The Morgan fingerprint density at radius 1 is 1.14 bits per heavy atom. The molecule has 0 saturated heterocycles. The molecule has 0 saturated carbocycles. The van der Waals surface area contributed by atoms with Gasteiger partial charge in [0.05, 0.1) is 9.85 Å². The van der Waals surface area contributed by atoms with E-state index in [1.807, 2.05) is 0 Å². The molecule has 0 aliphatic rings. The topological polar surface area (TPSA) is 132 Å². The molecule has 0 bridgehead atoms. The molecule has 22 heavy (non-hydrogen) atoms. The van der Waals surface area contributed by atoms with Crippen LogP contribution in [0.4, 0.5) is 11.4 Å². The average molecular weight is 321 g/mol. The van der Waals surface area contributed by atoms with Crippen molar-refractivity contribution in [1.82, 2.24) is 4.98 Å². The second-order valence-electron chi connectivity index (χ2n) is 3.86. The van der Waals surface area contributed by atoms with Crippen LogP contribution in [0, 0.1) is 31.6 Å². The number of hydrogen-bond acceptors (Lipinski definition) is 7. The van der Waals surface area contributed by atoms with Crippen molar-refractivity contribution < 1.29 is 14.6 Å². The largest absolute Gasteiger partial charge is 0.432 e. The standard InChI is InChI=1S/C12H5ClN4O5/c13-7-1-3-11(10(5-7)17(20)21)22-12-4-2-9(16(18)19)8(6-14)15-12/h1-5H. The van der Waals surface area contributed by atoms with Gasteiger partial charge in [0, 0.05) is 23.2 Å². The van der Waals surface area contributed by atoms with Gasteiger partial charge in [-0.3, -0.25) is 20.2 Å². The molecule has 0 amide bonds. The number of nitro benzene ring substituents is 1. The third kappa shape index (κ3) is 3.08. The second-order valence-corrected chi connectivity index (χ2v) is 4.29. The number of hydrogen-bond donors (Lipinski definition) is 0. The van der Waals surface area contributed by atoms with Gasteiger partial charge in [-0.2, -0.15) is 10.2 Å². The minimum absolute atomic E-state index is 0.147. The number of nitro groups is 2. The van der Waals surface area contributed by atoms with Crippen LogP contribution in [0.3, 0.4) is 0 Å². The fourth-order valence-electron chi connectivity index (χ4n) is 1.55. The predicted molar refractivity (Wildman–Crippen MR) is 73.8 cm³/mol. The van der Waals surface area contributed by atoms with Crippen LogP contribution in [-0.2, 0) is 0 Å². The van der Waals surface area contributed by atoms with Crippen LogP contribution in [0.1, 0.15) is 5.69 Å². The van der Waals surface area contributed by atoms with Crippen LogP contribution in [0.15, 0.2) is 30.3 Å². The molecule has 0 spiro atoms. The number of ether oxygens (including phenoxy) is 1. The molecule has 0 atom stereocenters. The lowest BCUT2D eigenvalue weighted by atomic mass is 10.3. The zero-order chi connectivity index (χ0) is 16.3. The smallest absolute Gasteiger partial charge is 0.313 e. The van der Waals surface area contributed by atoms with Crippen LogP contribution < -0.4 is 4.74 Å². The van der Waals surface area contributed by atoms with Crippen LogP contribution in [-0.4, -0.2) is 14.8 Å². The summed E-state index contributed by atoms with van der Waals surface area (Å²) < 4.78 is 5.22. The molecular weight excluding hydrogens is 316 g/mol. The molecule has 0 unspecified atom stereocenters. The van der Waals surface area contributed by atoms with Gasteiger partial charge in [-0.05, 0) is 12.1 Å². The van der Waals surface area contributed by atoms with E-state index in [2.05, 4.69) is 4.98 Å². The lowest BCUT2D eigenvalue weighted by Gasteiger charge is -2.06. The molecule has 0 fully saturated rings. The van der Waals surface area contributed by atoms with Crippen molar-refractivity contribution in [2.45, 2.75) is 0 Å². The van der Waals surface area contributed by atoms with E-state index in [1.54, 1.807) is 6.07 Å². The van der Waals surface area contributed by atoms with Crippen molar-refractivity contribution in [1.29, 1.82) is 5.26 Å². The molecule has 1 aromatic carbocycles. The van der Waals surface area contributed by atoms with E-state index in [1.165, 1.54) is 12.1 Å². The van der Waals surface area contributed by atoms with E-state index in [9.17, 15) is 20.2 Å². The highest BCUT2D eigenvalue weighted by Crippen LogP contribution is 2.33. The maximum atomic E-state index is 10.9. The molecule has 2 aromatic rings. The first-order valence-electron chi connectivity index (χ1n) is 5.59. The van der Waals surface area contributed by atoms with Gasteiger partial charge in [0.25, 0.3) is 0 Å². The molecular formula is C12H5ClN4O5. The zero-order valence-electron chi connectivity index (χ0n) is 10.6. The zero-order valence-corrected chi connectivity index (χ0v) is 11.4. The van der Waals surface area contributed by atoms with Crippen LogP contribution in [0.25, 0.3) is 0 Å². The van der Waals surface area contributed by atoms with E-state index < -0.39 is 26.9 Å². The Bertz CT molecular complexity index is 818. The number of nitriles is 1. The fraction of sp³-hybridized carbons (Fsp3) is 0. The highest BCUT2D eigenvalue weighted by Gasteiger charge is 2.20. The van der Waals surface area contributed by atoms with E-state index in [0.717, 1.165) is 18.2 Å². The Morgan fingerprint density at radius 3 is 2.41 bits per heavy atom. The molecule has 0 aliphatic heterocycles. The SMILES string of the molecule is N#Cc1nc(Oc2ccc(Cl)cc2[N+](=O)[O-])ccc1[N+](=O)[O-]. The Labute approximate surface area is 127 Å². The first kappa shape index (κ1) is 15.1. The second kappa shape index (κ2) is 6.02. The first-order valence-corrected chi connectivity index (χ1v) is 5.97. The fourth-order valence-corrected chi connectivity index (χ4v) is 1.72. The number of halogens is 1. The van der Waals surface area contributed by atoms with E-state index >= 15 is 0 Å². The Balaban J connectivity index is 2.42. The minimum Gasteiger partial charge on any atom is -0.432 e. The van der Waals surface area contributed by atoms with Gasteiger partial charge in [-0.1, -0.05) is 11.6 Å². The summed E-state index contributed by atoms with van der Waals surface area (Å²) in [7, 11) is 0. The summed E-state index contributed by atoms with van der Waals surface area (Å²) in [4.78, 5) is 23.8. The third-order valence-corrected chi connectivity index (χ3v) is 2.72. The van der Waals surface area contributed by atoms with E-state index in [-0.39, 0.29) is 16.7 Å². The Kier molecular flexibility index (Phi) is 4.15. The van der Waals surface area contributed by atoms with Crippen molar-refractivity contribution in [3.05, 3.63) is 61.3 Å². The van der Waals surface area contributed by atoms with Gasteiger partial charge < -0.3 is 4.74 Å². The number of nitrogens with zero attached hydrogens (tertiary/aromatic N) is 4. The van der Waals surface area contributed by atoms with E-state index in [4.69, 9.17) is 21.6 Å². The number of rotatable bonds is 4. The summed E-state index contributed by atoms with van der Waals surface area (Å²) in [6.07, 6.45) is 0. The number of aromatic nitrogens is 1. The Morgan fingerprint density at radius 2 is 1.82 bits per heavy atom. The molecule has 0 radical (unpaired) electrons. The van der Waals surface area contributed by atoms with Crippen molar-refractivity contribution in [3.63, 3.8) is 0 Å². The van der Waals surface area contributed by atoms with Crippen LogP contribution in [0.5, 0.6) is 11.6 Å². The molecule has 0 N–H and O–H groups in total. The average Bonchev–Trinajstić information content (AvgIpc) is 2.48. The highest BCUT2D eigenvalue weighted by molar-refractivity contribution is 6.30. The summed E-state index contributed by atoms with van der Waals surface area (Å²) in [6, 6.07) is 7.45. The van der Waals surface area contributed by atoms with Gasteiger partial charge >= 0.3 is 11.4 Å². The van der Waals surface area contributed by atoms with Crippen LogP contribution in [0.2, 0.25) is 5.02 Å². The van der Waals surface area contributed by atoms with Gasteiger partial charge in [0.1, 0.15) is 6.07 Å². The normalized spacial score (nSPS) is 9.82. The summed E-state index contributed by atoms with van der Waals surface area (Å²) in [5.74, 6) is -0.341. The van der Waals surface area contributed by atoms with E-state index in [0.29, 0.717) is 0 Å². The summed E-state index contributed by atoms with van der Waals surface area (Å²) in [5, 5.41) is 30.6. The van der Waals surface area contributed by atoms with Crippen molar-refractivity contribution in [3.8, 4) is 17.7 Å². The maximum absolute atomic E-state index is 10.9. The quantitative estimate of drug-likeness (QED) is 0.623. The van der Waals surface area contributed by atoms with Gasteiger partial charge in [0.15, 0.2) is 0 Å². The maximum Gasteiger partial charge on any atom is 0.313 e. The molecule has 9 nitrogen and oxygen atoms in total. The molecule has 1 aromatic heterocycles. The third-order valence-electron chi connectivity index (χ3n) is 2.48. The first-order chi connectivity index (χ1) is 10.4. The summed E-state index contributed by atoms with van der Waals surface area (Å²) in [5.41, 5.74) is -1.34. The summed E-state index contributed by atoms with van der Waals surface area (Å²) >= 11 is 5.67. The molecule has 10 heteroatoms. The minimum atomic E-state index is -0.764. The van der Waals surface area contributed by atoms with Gasteiger partial charge in [0.2, 0.25) is 17.3 Å². The van der Waals surface area contributed by atoms with Gasteiger partial charge in [-0.15, -0.1) is 0 Å². The molecule has 0 aliphatic carbocycles. The number of benzene rings is 1. The lowest BCUT2D eigenvalue weighted by molar-refractivity contribution is -0.385. The van der Waals surface area contributed by atoms with Crippen molar-refractivity contribution in [2.24, 2.45) is 0 Å². The number of pyridine rings is 1.